The number of ether oxygens (including phenoxy) is 1. The van der Waals surface area contributed by atoms with Crippen molar-refractivity contribution >= 4 is 35.1 Å². The average Bonchev–Trinajstić information content (AvgIpc) is 2.16. The van der Waals surface area contributed by atoms with Crippen molar-refractivity contribution in [3.63, 3.8) is 0 Å². The van der Waals surface area contributed by atoms with Crippen LogP contribution in [0.15, 0.2) is 24.3 Å². The van der Waals surface area contributed by atoms with Crippen molar-refractivity contribution in [3.8, 4) is 0 Å². The molecule has 0 bridgehead atoms. The van der Waals surface area contributed by atoms with Crippen LogP contribution in [0.1, 0.15) is 0 Å². The Labute approximate surface area is 101 Å². The molecule has 5 nitrogen and oxygen atoms in total. The number of aliphatic hydroxyl groups is 1. The minimum absolute atomic E-state index is 1.04. The standard InChI is InChI=1S/C9H8Cl2O5/c10-6(11)8(14)16-9(15)4-2-1-3-5(9)7(12)13/h1-6,15H,(H,12,13). The minimum atomic E-state index is -2.26. The second-order valence-corrected chi connectivity index (χ2v) is 4.13. The highest BCUT2D eigenvalue weighted by Gasteiger charge is 2.43. The van der Waals surface area contributed by atoms with Crippen molar-refractivity contribution in [1.82, 2.24) is 0 Å². The number of aliphatic carboxylic acids is 1. The number of carboxylic acid groups (broad SMARTS) is 1. The van der Waals surface area contributed by atoms with Gasteiger partial charge in [-0.1, -0.05) is 41.4 Å². The van der Waals surface area contributed by atoms with Crippen LogP contribution in [-0.2, 0) is 14.3 Å². The number of carboxylic acids is 1. The first kappa shape index (κ1) is 13.0. The van der Waals surface area contributed by atoms with Gasteiger partial charge in [0, 0.05) is 0 Å². The SMILES string of the molecule is O=C(OC1(O)C=CC=CC1C(=O)O)C(Cl)Cl. The van der Waals surface area contributed by atoms with Gasteiger partial charge in [-0.05, 0) is 6.08 Å². The molecule has 2 unspecified atom stereocenters. The molecule has 2 N–H and O–H groups in total. The van der Waals surface area contributed by atoms with Crippen molar-refractivity contribution in [2.24, 2.45) is 5.92 Å². The second-order valence-electron chi connectivity index (χ2n) is 3.03. The highest BCUT2D eigenvalue weighted by atomic mass is 35.5. The lowest BCUT2D eigenvalue weighted by Gasteiger charge is -2.30. The molecule has 0 aromatic heterocycles. The Hall–Kier alpha value is -1.04. The van der Waals surface area contributed by atoms with Gasteiger partial charge in [-0.25, -0.2) is 4.79 Å². The van der Waals surface area contributed by atoms with Crippen LogP contribution in [0.5, 0.6) is 0 Å². The summed E-state index contributed by atoms with van der Waals surface area (Å²) in [7, 11) is 0. The molecule has 0 amide bonds. The molecule has 0 heterocycles. The molecule has 16 heavy (non-hydrogen) atoms. The lowest BCUT2D eigenvalue weighted by Crippen LogP contribution is -2.45. The first-order valence-corrected chi connectivity index (χ1v) is 5.06. The molecule has 0 radical (unpaired) electrons. The van der Waals surface area contributed by atoms with E-state index in [0.29, 0.717) is 0 Å². The van der Waals surface area contributed by atoms with Crippen LogP contribution in [0.3, 0.4) is 0 Å². The van der Waals surface area contributed by atoms with Gasteiger partial charge in [0.25, 0.3) is 0 Å². The Balaban J connectivity index is 2.89. The summed E-state index contributed by atoms with van der Waals surface area (Å²) < 4.78 is 4.55. The zero-order valence-corrected chi connectivity index (χ0v) is 9.35. The van der Waals surface area contributed by atoms with Gasteiger partial charge < -0.3 is 14.9 Å². The molecule has 88 valence electrons. The first-order chi connectivity index (χ1) is 7.37. The van der Waals surface area contributed by atoms with Crippen molar-refractivity contribution < 1.29 is 24.5 Å². The fourth-order valence-corrected chi connectivity index (χ4v) is 1.26. The molecule has 0 aromatic carbocycles. The topological polar surface area (TPSA) is 83.8 Å². The zero-order valence-electron chi connectivity index (χ0n) is 7.84. The van der Waals surface area contributed by atoms with E-state index in [-0.39, 0.29) is 0 Å². The van der Waals surface area contributed by atoms with Gasteiger partial charge in [0.1, 0.15) is 5.92 Å². The van der Waals surface area contributed by atoms with E-state index in [0.717, 1.165) is 6.08 Å². The molecule has 7 heteroatoms. The fourth-order valence-electron chi connectivity index (χ4n) is 1.17. The van der Waals surface area contributed by atoms with Gasteiger partial charge in [-0.3, -0.25) is 4.79 Å². The fraction of sp³-hybridized carbons (Fsp3) is 0.333. The minimum Gasteiger partial charge on any atom is -0.481 e. The third kappa shape index (κ3) is 2.75. The summed E-state index contributed by atoms with van der Waals surface area (Å²) in [5, 5.41) is 18.7. The Morgan fingerprint density at radius 3 is 2.50 bits per heavy atom. The Kier molecular flexibility index (Phi) is 3.96. The quantitative estimate of drug-likeness (QED) is 0.450. The lowest BCUT2D eigenvalue weighted by atomic mass is 9.94. The molecule has 0 spiro atoms. The Morgan fingerprint density at radius 2 is 2.00 bits per heavy atom. The van der Waals surface area contributed by atoms with E-state index in [9.17, 15) is 14.7 Å². The average molecular weight is 267 g/mol. The highest BCUT2D eigenvalue weighted by molar-refractivity contribution is 6.52. The molecule has 0 aromatic rings. The number of carbonyl (C=O) groups excluding carboxylic acids is 1. The zero-order chi connectivity index (χ0) is 12.3. The number of halogens is 2. The molecule has 0 fully saturated rings. The van der Waals surface area contributed by atoms with Gasteiger partial charge in [0.15, 0.2) is 0 Å². The lowest BCUT2D eigenvalue weighted by molar-refractivity contribution is -0.205. The summed E-state index contributed by atoms with van der Waals surface area (Å²) in [5.41, 5.74) is 0. The van der Waals surface area contributed by atoms with E-state index in [4.69, 9.17) is 28.3 Å². The van der Waals surface area contributed by atoms with Gasteiger partial charge in [-0.15, -0.1) is 0 Å². The van der Waals surface area contributed by atoms with E-state index in [1.165, 1.54) is 18.2 Å². The number of hydrogen-bond donors (Lipinski definition) is 2. The number of hydrogen-bond acceptors (Lipinski definition) is 4. The molecule has 0 aliphatic heterocycles. The monoisotopic (exact) mass is 266 g/mol. The maximum atomic E-state index is 11.1. The van der Waals surface area contributed by atoms with Crippen LogP contribution in [0, 0.1) is 5.92 Å². The first-order valence-electron chi connectivity index (χ1n) is 4.19. The number of allylic oxidation sites excluding steroid dienone is 2. The molecular formula is C9H8Cl2O5. The number of alkyl halides is 2. The van der Waals surface area contributed by atoms with E-state index in [1.807, 2.05) is 0 Å². The normalized spacial score (nSPS) is 28.1. The maximum absolute atomic E-state index is 11.1. The summed E-state index contributed by atoms with van der Waals surface area (Å²) >= 11 is 10.5. The van der Waals surface area contributed by atoms with Crippen molar-refractivity contribution in [2.45, 2.75) is 10.6 Å². The van der Waals surface area contributed by atoms with Crippen LogP contribution in [0.25, 0.3) is 0 Å². The predicted octanol–water partition coefficient (Wildman–Crippen LogP) is 0.849. The van der Waals surface area contributed by atoms with Crippen LogP contribution < -0.4 is 0 Å². The predicted molar refractivity (Wildman–Crippen MR) is 55.9 cm³/mol. The van der Waals surface area contributed by atoms with Gasteiger partial charge in [0.2, 0.25) is 10.6 Å². The van der Waals surface area contributed by atoms with E-state index >= 15 is 0 Å². The largest absolute Gasteiger partial charge is 0.481 e. The summed E-state index contributed by atoms with van der Waals surface area (Å²) in [4.78, 5) is 20.4. The molecule has 1 aliphatic carbocycles. The molecule has 2 atom stereocenters. The third-order valence-corrected chi connectivity index (χ3v) is 2.26. The highest BCUT2D eigenvalue weighted by Crippen LogP contribution is 2.27. The maximum Gasteiger partial charge on any atom is 0.342 e. The number of carbonyl (C=O) groups is 2. The van der Waals surface area contributed by atoms with Gasteiger partial charge >= 0.3 is 11.9 Å². The third-order valence-electron chi connectivity index (χ3n) is 1.90. The molecule has 1 aliphatic rings. The summed E-state index contributed by atoms with van der Waals surface area (Å²) in [5.74, 6) is -6.11. The van der Waals surface area contributed by atoms with Crippen LogP contribution in [0.4, 0.5) is 0 Å². The smallest absolute Gasteiger partial charge is 0.342 e. The van der Waals surface area contributed by atoms with Crippen molar-refractivity contribution in [2.75, 3.05) is 0 Å². The Bertz CT molecular complexity index is 363. The van der Waals surface area contributed by atoms with E-state index < -0.39 is 28.5 Å². The van der Waals surface area contributed by atoms with E-state index in [2.05, 4.69) is 4.74 Å². The van der Waals surface area contributed by atoms with Gasteiger partial charge in [-0.2, -0.15) is 0 Å². The Morgan fingerprint density at radius 1 is 1.38 bits per heavy atom. The van der Waals surface area contributed by atoms with Gasteiger partial charge in [0.05, 0.1) is 0 Å². The van der Waals surface area contributed by atoms with Crippen LogP contribution in [-0.4, -0.2) is 32.8 Å². The number of rotatable bonds is 3. The van der Waals surface area contributed by atoms with Crippen molar-refractivity contribution in [1.29, 1.82) is 0 Å². The van der Waals surface area contributed by atoms with E-state index in [1.54, 1.807) is 0 Å². The number of esters is 1. The molecule has 1 rings (SSSR count). The van der Waals surface area contributed by atoms with Crippen LogP contribution >= 0.6 is 23.2 Å². The summed E-state index contributed by atoms with van der Waals surface area (Å²) in [6, 6.07) is 0. The molecule has 0 saturated carbocycles. The second kappa shape index (κ2) is 4.86. The summed E-state index contributed by atoms with van der Waals surface area (Å²) in [6.45, 7) is 0. The van der Waals surface area contributed by atoms with Crippen molar-refractivity contribution in [3.05, 3.63) is 24.3 Å². The summed E-state index contributed by atoms with van der Waals surface area (Å²) in [6.07, 6.45) is 5.00. The van der Waals surface area contributed by atoms with Crippen LogP contribution in [0.2, 0.25) is 0 Å². The molecular weight excluding hydrogens is 259 g/mol. The molecule has 0 saturated heterocycles.